The SMILES string of the molecule is COc1cc(N2CCN(C(=O)OC(C)(C)C)CC2)ccc1Nc1ncc(C(F)(F)F)c(CCc2ccccc2CC(=O)[O-])n1.[Li+]. The Hall–Kier alpha value is -3.95. The second kappa shape index (κ2) is 14.9. The number of hydrogen-bond acceptors (Lipinski definition) is 9. The number of carbonyl (C=O) groups excluding carboxylic acids is 2. The number of aliphatic carboxylic acids is 1. The van der Waals surface area contributed by atoms with Crippen molar-refractivity contribution in [2.45, 2.75) is 51.8 Å². The molecule has 1 aliphatic rings. The average molecular weight is 622 g/mol. The zero-order valence-corrected chi connectivity index (χ0v) is 26.0. The van der Waals surface area contributed by atoms with Gasteiger partial charge in [-0.1, -0.05) is 24.3 Å². The molecule has 10 nitrogen and oxygen atoms in total. The first kappa shape index (κ1) is 35.5. The van der Waals surface area contributed by atoms with Gasteiger partial charge >= 0.3 is 31.1 Å². The fourth-order valence-electron chi connectivity index (χ4n) is 4.86. The number of carboxylic acids is 1. The minimum atomic E-state index is -4.68. The van der Waals surface area contributed by atoms with Crippen LogP contribution in [0.1, 0.15) is 43.2 Å². The first-order chi connectivity index (χ1) is 20.7. The molecule has 0 unspecified atom stereocenters. The second-order valence-electron chi connectivity index (χ2n) is 11.3. The van der Waals surface area contributed by atoms with Crippen molar-refractivity contribution in [2.24, 2.45) is 0 Å². The number of piperazine rings is 1. The molecule has 1 aromatic heterocycles. The average Bonchev–Trinajstić information content (AvgIpc) is 2.95. The van der Waals surface area contributed by atoms with Gasteiger partial charge in [0.1, 0.15) is 11.4 Å². The van der Waals surface area contributed by atoms with Gasteiger partial charge in [0, 0.05) is 56.5 Å². The number of benzene rings is 2. The predicted octanol–water partition coefficient (Wildman–Crippen LogP) is 1.39. The van der Waals surface area contributed by atoms with E-state index in [1.54, 1.807) is 41.3 Å². The minimum absolute atomic E-state index is 0. The second-order valence-corrected chi connectivity index (χ2v) is 11.3. The number of nitrogens with zero attached hydrogens (tertiary/aromatic N) is 4. The third-order valence-electron chi connectivity index (χ3n) is 6.99. The number of hydrogen-bond donors (Lipinski definition) is 1. The van der Waals surface area contributed by atoms with Gasteiger partial charge in [0.2, 0.25) is 5.95 Å². The van der Waals surface area contributed by atoms with Crippen LogP contribution in [0, 0.1) is 0 Å². The van der Waals surface area contributed by atoms with Gasteiger partial charge in [-0.05, 0) is 56.9 Å². The first-order valence-corrected chi connectivity index (χ1v) is 14.1. The topological polar surface area (TPSA) is 120 Å². The van der Waals surface area contributed by atoms with E-state index in [4.69, 9.17) is 9.47 Å². The van der Waals surface area contributed by atoms with Crippen LogP contribution in [0.4, 0.5) is 35.3 Å². The predicted molar refractivity (Wildman–Crippen MR) is 156 cm³/mol. The van der Waals surface area contributed by atoms with Crippen LogP contribution in [0.3, 0.4) is 0 Å². The maximum atomic E-state index is 13.8. The molecule has 0 bridgehead atoms. The van der Waals surface area contributed by atoms with Crippen molar-refractivity contribution in [3.05, 3.63) is 71.0 Å². The third kappa shape index (κ3) is 9.77. The summed E-state index contributed by atoms with van der Waals surface area (Å²) in [5.74, 6) is -0.892. The van der Waals surface area contributed by atoms with E-state index in [0.29, 0.717) is 48.7 Å². The normalized spacial score (nSPS) is 13.6. The van der Waals surface area contributed by atoms with Crippen molar-refractivity contribution in [3.63, 3.8) is 0 Å². The van der Waals surface area contributed by atoms with Crippen molar-refractivity contribution < 1.29 is 56.2 Å². The summed E-state index contributed by atoms with van der Waals surface area (Å²) >= 11 is 0. The number of carboxylic acid groups (broad SMARTS) is 1. The molecule has 2 heterocycles. The van der Waals surface area contributed by atoms with Crippen LogP contribution in [0.15, 0.2) is 48.7 Å². The number of nitrogens with one attached hydrogen (secondary N) is 1. The molecular weight excluding hydrogens is 586 g/mol. The molecule has 4 rings (SSSR count). The molecule has 1 amide bonds. The summed E-state index contributed by atoms with van der Waals surface area (Å²) in [4.78, 5) is 35.4. The number of rotatable bonds is 9. The molecule has 1 saturated heterocycles. The number of carbonyl (C=O) groups is 2. The van der Waals surface area contributed by atoms with Crippen LogP contribution in [-0.4, -0.2) is 65.8 Å². The van der Waals surface area contributed by atoms with Gasteiger partial charge in [0.15, 0.2) is 0 Å². The summed E-state index contributed by atoms with van der Waals surface area (Å²) in [5, 5.41) is 14.1. The number of aryl methyl sites for hydroxylation is 2. The molecule has 0 spiro atoms. The van der Waals surface area contributed by atoms with Crippen LogP contribution >= 0.6 is 0 Å². The van der Waals surface area contributed by atoms with Crippen molar-refractivity contribution in [3.8, 4) is 5.75 Å². The van der Waals surface area contributed by atoms with Crippen molar-refractivity contribution >= 4 is 29.4 Å². The molecule has 3 aromatic rings. The fraction of sp³-hybridized carbons (Fsp3) is 0.419. The molecule has 236 valence electrons. The smallest absolute Gasteiger partial charge is 0.550 e. The molecule has 0 radical (unpaired) electrons. The molecule has 45 heavy (non-hydrogen) atoms. The summed E-state index contributed by atoms with van der Waals surface area (Å²) in [5.41, 5.74) is 0.610. The molecular formula is C31H35F3LiN5O5. The van der Waals surface area contributed by atoms with Gasteiger partial charge in [0.05, 0.1) is 24.1 Å². The minimum Gasteiger partial charge on any atom is -0.550 e. The Kier molecular flexibility index (Phi) is 11.8. The number of anilines is 3. The van der Waals surface area contributed by atoms with Gasteiger partial charge in [-0.25, -0.2) is 14.8 Å². The molecule has 2 aromatic carbocycles. The zero-order chi connectivity index (χ0) is 32.1. The van der Waals surface area contributed by atoms with E-state index in [9.17, 15) is 27.9 Å². The number of aromatic nitrogens is 2. The van der Waals surface area contributed by atoms with Crippen LogP contribution in [-0.2, 0) is 35.0 Å². The van der Waals surface area contributed by atoms with E-state index in [1.807, 2.05) is 26.8 Å². The zero-order valence-electron chi connectivity index (χ0n) is 26.0. The van der Waals surface area contributed by atoms with Gasteiger partial charge < -0.3 is 34.5 Å². The fourth-order valence-corrected chi connectivity index (χ4v) is 4.86. The van der Waals surface area contributed by atoms with E-state index in [1.165, 1.54) is 7.11 Å². The summed E-state index contributed by atoms with van der Waals surface area (Å²) in [7, 11) is 1.48. The summed E-state index contributed by atoms with van der Waals surface area (Å²) < 4.78 is 52.5. The van der Waals surface area contributed by atoms with Crippen LogP contribution < -0.4 is 38.9 Å². The molecule has 0 atom stereocenters. The van der Waals surface area contributed by atoms with Gasteiger partial charge in [0.25, 0.3) is 0 Å². The Balaban J connectivity index is 0.00000552. The monoisotopic (exact) mass is 621 g/mol. The van der Waals surface area contributed by atoms with E-state index in [2.05, 4.69) is 20.2 Å². The third-order valence-corrected chi connectivity index (χ3v) is 6.99. The number of amides is 1. The Morgan fingerprint density at radius 2 is 1.67 bits per heavy atom. The number of halogens is 3. The standard InChI is InChI=1S/C31H36F3N5O5.Li/c1-30(2,3)44-29(42)39-15-13-38(14-16-39)22-10-12-25(26(18-22)43-4)37-28-35-19-23(31(32,33)34)24(36-28)11-9-20-7-5-6-8-21(20)17-27(40)41;/h5-8,10,12,18-19H,9,11,13-17H2,1-4H3,(H,40,41)(H,35,36,37);/q;+1/p-1. The summed E-state index contributed by atoms with van der Waals surface area (Å²) in [6.45, 7) is 7.58. The summed E-state index contributed by atoms with van der Waals surface area (Å²) in [6.07, 6.45) is -4.59. The van der Waals surface area contributed by atoms with Crippen molar-refractivity contribution in [2.75, 3.05) is 43.5 Å². The molecule has 1 aliphatic heterocycles. The molecule has 0 saturated carbocycles. The Morgan fingerprint density at radius 3 is 2.27 bits per heavy atom. The maximum absolute atomic E-state index is 13.8. The molecule has 0 aliphatic carbocycles. The molecule has 14 heteroatoms. The quantitative estimate of drug-likeness (QED) is 0.354. The van der Waals surface area contributed by atoms with E-state index in [-0.39, 0.29) is 55.9 Å². The van der Waals surface area contributed by atoms with Crippen molar-refractivity contribution in [1.29, 1.82) is 0 Å². The van der Waals surface area contributed by atoms with Crippen LogP contribution in [0.5, 0.6) is 5.75 Å². The number of ether oxygens (including phenoxy) is 2. The van der Waals surface area contributed by atoms with Crippen LogP contribution in [0.25, 0.3) is 0 Å². The van der Waals surface area contributed by atoms with Crippen LogP contribution in [0.2, 0.25) is 0 Å². The first-order valence-electron chi connectivity index (χ1n) is 14.1. The Bertz CT molecular complexity index is 1490. The molecule has 1 fully saturated rings. The molecule has 1 N–H and O–H groups in total. The largest absolute Gasteiger partial charge is 1.00 e. The van der Waals surface area contributed by atoms with Gasteiger partial charge in [-0.15, -0.1) is 0 Å². The summed E-state index contributed by atoms with van der Waals surface area (Å²) in [6, 6.07) is 12.0. The Morgan fingerprint density at radius 1 is 1.00 bits per heavy atom. The Labute approximate surface area is 272 Å². The number of methoxy groups -OCH3 is 1. The van der Waals surface area contributed by atoms with Gasteiger partial charge in [-0.2, -0.15) is 13.2 Å². The number of alkyl halides is 3. The van der Waals surface area contributed by atoms with E-state index >= 15 is 0 Å². The van der Waals surface area contributed by atoms with E-state index < -0.39 is 23.3 Å². The van der Waals surface area contributed by atoms with Gasteiger partial charge in [-0.3, -0.25) is 0 Å². The maximum Gasteiger partial charge on any atom is 1.00 e. The van der Waals surface area contributed by atoms with E-state index in [0.717, 1.165) is 11.9 Å². The van der Waals surface area contributed by atoms with Crippen molar-refractivity contribution in [1.82, 2.24) is 14.9 Å².